The predicted molar refractivity (Wildman–Crippen MR) is 89.1 cm³/mol. The monoisotopic (exact) mass is 330 g/mol. The largest absolute Gasteiger partial charge is 0.343 e. The maximum atomic E-state index is 14.2. The molecule has 3 aromatic rings. The summed E-state index contributed by atoms with van der Waals surface area (Å²) in [7, 11) is 0. The Balaban J connectivity index is 1.84. The number of H-pyrrole nitrogens is 1. The summed E-state index contributed by atoms with van der Waals surface area (Å²) in [6.07, 6.45) is 3.85. The number of aromatic amines is 1. The smallest absolute Gasteiger partial charge is 0.149 e. The van der Waals surface area contributed by atoms with Crippen LogP contribution in [0.15, 0.2) is 30.5 Å². The van der Waals surface area contributed by atoms with Gasteiger partial charge in [-0.25, -0.2) is 14.4 Å². The SMILES string of the molecule is Fc1ccc(Cl)nc1-c1ccnc2[nH]c(C3CCNCC3)cc12. The molecule has 0 aliphatic carbocycles. The van der Waals surface area contributed by atoms with Crippen LogP contribution in [-0.4, -0.2) is 28.0 Å². The molecule has 0 unspecified atom stereocenters. The molecule has 0 spiro atoms. The minimum Gasteiger partial charge on any atom is -0.343 e. The molecule has 0 aromatic carbocycles. The number of piperidine rings is 1. The Labute approximate surface area is 138 Å². The van der Waals surface area contributed by atoms with Gasteiger partial charge in [0.05, 0.1) is 0 Å². The number of fused-ring (bicyclic) bond motifs is 1. The normalized spacial score (nSPS) is 16.1. The molecule has 0 bridgehead atoms. The number of halogens is 2. The fraction of sp³-hybridized carbons (Fsp3) is 0.294. The van der Waals surface area contributed by atoms with Crippen molar-refractivity contribution in [3.05, 3.63) is 47.1 Å². The molecule has 4 nitrogen and oxygen atoms in total. The molecule has 1 aliphatic rings. The van der Waals surface area contributed by atoms with Gasteiger partial charge in [0.1, 0.15) is 22.3 Å². The molecule has 0 amide bonds. The van der Waals surface area contributed by atoms with Crippen LogP contribution in [0.4, 0.5) is 4.39 Å². The van der Waals surface area contributed by atoms with Gasteiger partial charge in [0.2, 0.25) is 0 Å². The lowest BCUT2D eigenvalue weighted by Gasteiger charge is -2.21. The zero-order valence-corrected chi connectivity index (χ0v) is 13.2. The van der Waals surface area contributed by atoms with Crippen LogP contribution in [0.1, 0.15) is 24.5 Å². The number of rotatable bonds is 2. The van der Waals surface area contributed by atoms with Crippen LogP contribution in [0.2, 0.25) is 5.15 Å². The van der Waals surface area contributed by atoms with Crippen molar-refractivity contribution in [3.8, 4) is 11.3 Å². The molecule has 0 radical (unpaired) electrons. The van der Waals surface area contributed by atoms with Gasteiger partial charge in [-0.2, -0.15) is 0 Å². The van der Waals surface area contributed by atoms with E-state index in [1.165, 1.54) is 12.1 Å². The Morgan fingerprint density at radius 2 is 2.00 bits per heavy atom. The highest BCUT2D eigenvalue weighted by Gasteiger charge is 2.19. The minimum absolute atomic E-state index is 0.265. The van der Waals surface area contributed by atoms with E-state index < -0.39 is 0 Å². The molecule has 1 aliphatic heterocycles. The molecule has 3 aromatic heterocycles. The molecular formula is C17H16ClFN4. The molecule has 118 valence electrons. The van der Waals surface area contributed by atoms with Gasteiger partial charge >= 0.3 is 0 Å². The summed E-state index contributed by atoms with van der Waals surface area (Å²) in [4.78, 5) is 11.9. The van der Waals surface area contributed by atoms with Crippen molar-refractivity contribution in [1.82, 2.24) is 20.3 Å². The maximum absolute atomic E-state index is 14.2. The van der Waals surface area contributed by atoms with Gasteiger partial charge in [0.15, 0.2) is 0 Å². The molecule has 1 saturated heterocycles. The fourth-order valence-corrected chi connectivity index (χ4v) is 3.36. The lowest BCUT2D eigenvalue weighted by molar-refractivity contribution is 0.455. The first-order chi connectivity index (χ1) is 11.2. The van der Waals surface area contributed by atoms with E-state index in [1.54, 1.807) is 12.3 Å². The Morgan fingerprint density at radius 1 is 1.17 bits per heavy atom. The summed E-state index contributed by atoms with van der Waals surface area (Å²) < 4.78 is 14.2. The zero-order valence-electron chi connectivity index (χ0n) is 12.4. The highest BCUT2D eigenvalue weighted by Crippen LogP contribution is 2.33. The van der Waals surface area contributed by atoms with E-state index in [0.717, 1.165) is 42.7 Å². The van der Waals surface area contributed by atoms with Gasteiger partial charge in [-0.15, -0.1) is 0 Å². The number of pyridine rings is 2. The summed E-state index contributed by atoms with van der Waals surface area (Å²) in [5, 5.41) is 4.53. The standard InChI is InChI=1S/C17H16ClFN4/c18-15-2-1-13(19)16(23-15)11-5-8-21-17-12(11)9-14(22-17)10-3-6-20-7-4-10/h1-2,5,8-10,20H,3-4,6-7H2,(H,21,22). The highest BCUT2D eigenvalue weighted by atomic mass is 35.5. The van der Waals surface area contributed by atoms with Crippen LogP contribution in [0, 0.1) is 5.82 Å². The molecule has 4 heterocycles. The van der Waals surface area contributed by atoms with Gasteiger partial charge < -0.3 is 10.3 Å². The van der Waals surface area contributed by atoms with Crippen LogP contribution in [0.5, 0.6) is 0 Å². The molecule has 0 saturated carbocycles. The number of hydrogen-bond donors (Lipinski definition) is 2. The predicted octanol–water partition coefficient (Wildman–Crippen LogP) is 3.88. The van der Waals surface area contributed by atoms with E-state index in [9.17, 15) is 4.39 Å². The number of nitrogens with one attached hydrogen (secondary N) is 2. The van der Waals surface area contributed by atoms with E-state index in [1.807, 2.05) is 0 Å². The third kappa shape index (κ3) is 2.71. The summed E-state index contributed by atoms with van der Waals surface area (Å²) >= 11 is 5.94. The van der Waals surface area contributed by atoms with Crippen molar-refractivity contribution >= 4 is 22.6 Å². The Kier molecular flexibility index (Phi) is 3.75. The minimum atomic E-state index is -0.383. The van der Waals surface area contributed by atoms with Gasteiger partial charge in [-0.1, -0.05) is 11.6 Å². The Morgan fingerprint density at radius 3 is 2.83 bits per heavy atom. The van der Waals surface area contributed by atoms with Crippen molar-refractivity contribution in [2.75, 3.05) is 13.1 Å². The summed E-state index contributed by atoms with van der Waals surface area (Å²) in [6.45, 7) is 2.04. The van der Waals surface area contributed by atoms with Gasteiger partial charge in [0, 0.05) is 28.8 Å². The molecule has 0 atom stereocenters. The molecule has 1 fully saturated rings. The van der Waals surface area contributed by atoms with Crippen molar-refractivity contribution < 1.29 is 4.39 Å². The summed E-state index contributed by atoms with van der Waals surface area (Å²) in [5.74, 6) is 0.0991. The van der Waals surface area contributed by atoms with E-state index >= 15 is 0 Å². The molecule has 23 heavy (non-hydrogen) atoms. The topological polar surface area (TPSA) is 53.6 Å². The zero-order chi connectivity index (χ0) is 15.8. The quantitative estimate of drug-likeness (QED) is 0.701. The molecule has 4 rings (SSSR count). The van der Waals surface area contributed by atoms with Gasteiger partial charge in [-0.3, -0.25) is 0 Å². The average molecular weight is 331 g/mol. The Bertz CT molecular complexity index is 855. The summed E-state index contributed by atoms with van der Waals surface area (Å²) in [5.41, 5.74) is 2.90. The van der Waals surface area contributed by atoms with Crippen molar-refractivity contribution in [2.24, 2.45) is 0 Å². The van der Waals surface area contributed by atoms with Gasteiger partial charge in [-0.05, 0) is 50.2 Å². The van der Waals surface area contributed by atoms with Gasteiger partial charge in [0.25, 0.3) is 0 Å². The number of nitrogens with zero attached hydrogens (tertiary/aromatic N) is 2. The van der Waals surface area contributed by atoms with Crippen LogP contribution >= 0.6 is 11.6 Å². The second-order valence-corrected chi connectivity index (χ2v) is 6.22. The molecular weight excluding hydrogens is 315 g/mol. The number of aromatic nitrogens is 3. The average Bonchev–Trinajstić information content (AvgIpc) is 3.02. The summed E-state index contributed by atoms with van der Waals surface area (Å²) in [6, 6.07) is 6.66. The van der Waals surface area contributed by atoms with E-state index in [2.05, 4.69) is 26.3 Å². The Hall–Kier alpha value is -1.98. The van der Waals surface area contributed by atoms with E-state index in [-0.39, 0.29) is 16.7 Å². The van der Waals surface area contributed by atoms with Crippen molar-refractivity contribution in [3.63, 3.8) is 0 Å². The molecule has 2 N–H and O–H groups in total. The van der Waals surface area contributed by atoms with Crippen molar-refractivity contribution in [2.45, 2.75) is 18.8 Å². The fourth-order valence-electron chi connectivity index (χ4n) is 3.21. The van der Waals surface area contributed by atoms with E-state index in [4.69, 9.17) is 11.6 Å². The second-order valence-electron chi connectivity index (χ2n) is 5.83. The third-order valence-corrected chi connectivity index (χ3v) is 4.61. The lowest BCUT2D eigenvalue weighted by Crippen LogP contribution is -2.26. The first kappa shape index (κ1) is 14.6. The second kappa shape index (κ2) is 5.91. The van der Waals surface area contributed by atoms with Crippen LogP contribution in [-0.2, 0) is 0 Å². The molecule has 6 heteroatoms. The lowest BCUT2D eigenvalue weighted by atomic mass is 9.94. The number of hydrogen-bond acceptors (Lipinski definition) is 3. The third-order valence-electron chi connectivity index (χ3n) is 4.40. The van der Waals surface area contributed by atoms with Crippen LogP contribution in [0.25, 0.3) is 22.3 Å². The van der Waals surface area contributed by atoms with E-state index in [0.29, 0.717) is 11.5 Å². The first-order valence-electron chi connectivity index (χ1n) is 7.73. The van der Waals surface area contributed by atoms with Crippen molar-refractivity contribution in [1.29, 1.82) is 0 Å². The maximum Gasteiger partial charge on any atom is 0.149 e. The first-order valence-corrected chi connectivity index (χ1v) is 8.11. The highest BCUT2D eigenvalue weighted by molar-refractivity contribution is 6.29. The van der Waals surface area contributed by atoms with Crippen LogP contribution in [0.3, 0.4) is 0 Å². The van der Waals surface area contributed by atoms with Crippen LogP contribution < -0.4 is 5.32 Å².